The molecule has 1 fully saturated rings. The highest BCUT2D eigenvalue weighted by Crippen LogP contribution is 2.10. The van der Waals surface area contributed by atoms with Crippen molar-refractivity contribution in [2.75, 3.05) is 19.8 Å². The molecule has 0 N–H and O–H groups in total. The Labute approximate surface area is 70.4 Å². The van der Waals surface area contributed by atoms with Crippen LogP contribution >= 0.6 is 23.2 Å². The Balaban J connectivity index is 1.76. The van der Waals surface area contributed by atoms with Crippen LogP contribution in [0.15, 0.2) is 0 Å². The molecule has 0 aliphatic carbocycles. The van der Waals surface area contributed by atoms with Gasteiger partial charge in [-0.05, 0) is 0 Å². The second kappa shape index (κ2) is 4.39. The second-order valence-corrected chi connectivity index (χ2v) is 3.49. The molecular weight excluding hydrogens is 175 g/mol. The van der Waals surface area contributed by atoms with Crippen LogP contribution in [0.3, 0.4) is 0 Å². The van der Waals surface area contributed by atoms with Crippen LogP contribution in [0.2, 0.25) is 0 Å². The van der Waals surface area contributed by atoms with E-state index in [0.717, 1.165) is 6.61 Å². The third-order valence-electron chi connectivity index (χ3n) is 1.19. The van der Waals surface area contributed by atoms with Crippen LogP contribution in [-0.2, 0) is 9.47 Å². The first-order valence-electron chi connectivity index (χ1n) is 3.26. The van der Waals surface area contributed by atoms with E-state index >= 15 is 0 Å². The van der Waals surface area contributed by atoms with E-state index in [1.54, 1.807) is 0 Å². The molecule has 2 nitrogen and oxygen atoms in total. The number of halogens is 2. The molecule has 4 heteroatoms. The third kappa shape index (κ3) is 4.34. The maximum absolute atomic E-state index is 5.46. The smallest absolute Gasteiger partial charge is 0.110 e. The average molecular weight is 185 g/mol. The summed E-state index contributed by atoms with van der Waals surface area (Å²) in [6, 6.07) is 0. The average Bonchev–Trinajstić information content (AvgIpc) is 2.62. The van der Waals surface area contributed by atoms with Crippen molar-refractivity contribution in [3.05, 3.63) is 0 Å². The van der Waals surface area contributed by atoms with Gasteiger partial charge < -0.3 is 9.47 Å². The highest BCUT2D eigenvalue weighted by atomic mass is 35.5. The summed E-state index contributed by atoms with van der Waals surface area (Å²) in [5.74, 6) is 0. The van der Waals surface area contributed by atoms with Crippen LogP contribution < -0.4 is 0 Å². The number of ether oxygens (including phenoxy) is 2. The lowest BCUT2D eigenvalue weighted by molar-refractivity contribution is 0.116. The van der Waals surface area contributed by atoms with E-state index in [1.165, 1.54) is 0 Å². The summed E-state index contributed by atoms with van der Waals surface area (Å²) in [6.07, 6.45) is 1.03. The van der Waals surface area contributed by atoms with Crippen LogP contribution in [0.1, 0.15) is 6.42 Å². The third-order valence-corrected chi connectivity index (χ3v) is 1.62. The van der Waals surface area contributed by atoms with Crippen molar-refractivity contribution in [2.45, 2.75) is 17.4 Å². The van der Waals surface area contributed by atoms with Crippen molar-refractivity contribution in [3.63, 3.8) is 0 Å². The quantitative estimate of drug-likeness (QED) is 0.368. The van der Waals surface area contributed by atoms with Crippen LogP contribution in [0.25, 0.3) is 0 Å². The van der Waals surface area contributed by atoms with E-state index in [0.29, 0.717) is 25.7 Å². The van der Waals surface area contributed by atoms with Crippen LogP contribution in [0.4, 0.5) is 0 Å². The minimum Gasteiger partial charge on any atom is -0.379 e. The van der Waals surface area contributed by atoms with Crippen LogP contribution in [0, 0.1) is 0 Å². The van der Waals surface area contributed by atoms with Gasteiger partial charge >= 0.3 is 0 Å². The SMILES string of the molecule is ClC(Cl)CCOCC1CO1. The van der Waals surface area contributed by atoms with E-state index in [1.807, 2.05) is 0 Å². The molecule has 1 heterocycles. The van der Waals surface area contributed by atoms with Gasteiger partial charge in [0.05, 0.1) is 13.2 Å². The summed E-state index contributed by atoms with van der Waals surface area (Å²) >= 11 is 10.9. The van der Waals surface area contributed by atoms with E-state index in [-0.39, 0.29) is 4.84 Å². The number of rotatable bonds is 5. The molecule has 1 rings (SSSR count). The van der Waals surface area contributed by atoms with Gasteiger partial charge in [-0.2, -0.15) is 0 Å². The van der Waals surface area contributed by atoms with Crippen molar-refractivity contribution in [1.82, 2.24) is 0 Å². The molecule has 0 aromatic carbocycles. The van der Waals surface area contributed by atoms with Crippen LogP contribution in [0.5, 0.6) is 0 Å². The maximum atomic E-state index is 5.46. The molecule has 0 amide bonds. The normalized spacial score (nSPS) is 23.7. The Morgan fingerprint density at radius 2 is 2.30 bits per heavy atom. The predicted octanol–water partition coefficient (Wildman–Crippen LogP) is 1.60. The predicted molar refractivity (Wildman–Crippen MR) is 40.7 cm³/mol. The Bertz CT molecular complexity index is 89.7. The summed E-state index contributed by atoms with van der Waals surface area (Å²) in [4.78, 5) is -0.305. The number of alkyl halides is 2. The summed E-state index contributed by atoms with van der Waals surface area (Å²) < 4.78 is 10.1. The molecule has 1 saturated heterocycles. The molecule has 1 atom stereocenters. The molecule has 0 spiro atoms. The fraction of sp³-hybridized carbons (Fsp3) is 1.00. The number of hydrogen-bond donors (Lipinski definition) is 0. The Kier molecular flexibility index (Phi) is 3.78. The minimum absolute atomic E-state index is 0.305. The standard InChI is InChI=1S/C6H10Cl2O2/c7-6(8)1-2-9-3-5-4-10-5/h5-6H,1-4H2. The van der Waals surface area contributed by atoms with Gasteiger partial charge in [0.25, 0.3) is 0 Å². The topological polar surface area (TPSA) is 21.8 Å². The molecule has 0 aromatic heterocycles. The Morgan fingerprint density at radius 3 is 2.80 bits per heavy atom. The van der Waals surface area contributed by atoms with Gasteiger partial charge in [-0.25, -0.2) is 0 Å². The van der Waals surface area contributed by atoms with Gasteiger partial charge in [-0.15, -0.1) is 23.2 Å². The summed E-state index contributed by atoms with van der Waals surface area (Å²) in [5, 5.41) is 0. The lowest BCUT2D eigenvalue weighted by Crippen LogP contribution is -2.04. The first kappa shape index (κ1) is 8.60. The van der Waals surface area contributed by atoms with Crippen molar-refractivity contribution >= 4 is 23.2 Å². The second-order valence-electron chi connectivity index (χ2n) is 2.21. The molecule has 10 heavy (non-hydrogen) atoms. The molecule has 0 saturated carbocycles. The summed E-state index contributed by atoms with van der Waals surface area (Å²) in [6.45, 7) is 2.14. The molecule has 1 aliphatic heterocycles. The zero-order valence-electron chi connectivity index (χ0n) is 5.56. The monoisotopic (exact) mass is 184 g/mol. The molecule has 0 bridgehead atoms. The number of hydrogen-bond acceptors (Lipinski definition) is 2. The molecule has 60 valence electrons. The minimum atomic E-state index is -0.305. The zero-order valence-corrected chi connectivity index (χ0v) is 7.07. The van der Waals surface area contributed by atoms with E-state index in [4.69, 9.17) is 32.7 Å². The van der Waals surface area contributed by atoms with Crippen molar-refractivity contribution < 1.29 is 9.47 Å². The fourth-order valence-corrected chi connectivity index (χ4v) is 0.730. The van der Waals surface area contributed by atoms with E-state index in [9.17, 15) is 0 Å². The van der Waals surface area contributed by atoms with Crippen molar-refractivity contribution in [3.8, 4) is 0 Å². The van der Waals surface area contributed by atoms with E-state index < -0.39 is 0 Å². The number of epoxide rings is 1. The highest BCUT2D eigenvalue weighted by molar-refractivity contribution is 6.44. The van der Waals surface area contributed by atoms with Gasteiger partial charge in [-0.3, -0.25) is 0 Å². The fourth-order valence-electron chi connectivity index (χ4n) is 0.551. The zero-order chi connectivity index (χ0) is 7.40. The van der Waals surface area contributed by atoms with Gasteiger partial charge in [0.1, 0.15) is 10.9 Å². The largest absolute Gasteiger partial charge is 0.379 e. The Morgan fingerprint density at radius 1 is 1.60 bits per heavy atom. The molecule has 0 aromatic rings. The first-order valence-corrected chi connectivity index (χ1v) is 4.14. The van der Waals surface area contributed by atoms with Crippen molar-refractivity contribution in [1.29, 1.82) is 0 Å². The lowest BCUT2D eigenvalue weighted by Gasteiger charge is -2.01. The maximum Gasteiger partial charge on any atom is 0.110 e. The highest BCUT2D eigenvalue weighted by Gasteiger charge is 2.22. The van der Waals surface area contributed by atoms with E-state index in [2.05, 4.69) is 0 Å². The Hall–Kier alpha value is 0.500. The molecular formula is C6H10Cl2O2. The molecule has 0 radical (unpaired) electrons. The van der Waals surface area contributed by atoms with Gasteiger partial charge in [-0.1, -0.05) is 0 Å². The molecule has 1 unspecified atom stereocenters. The summed E-state index contributed by atoms with van der Waals surface area (Å²) in [5.41, 5.74) is 0. The summed E-state index contributed by atoms with van der Waals surface area (Å²) in [7, 11) is 0. The van der Waals surface area contributed by atoms with Gasteiger partial charge in [0.2, 0.25) is 0 Å². The first-order chi connectivity index (χ1) is 4.79. The van der Waals surface area contributed by atoms with Crippen molar-refractivity contribution in [2.24, 2.45) is 0 Å². The van der Waals surface area contributed by atoms with Crippen LogP contribution in [-0.4, -0.2) is 30.8 Å². The molecule has 1 aliphatic rings. The lowest BCUT2D eigenvalue weighted by atomic mass is 10.5. The van der Waals surface area contributed by atoms with Gasteiger partial charge in [0.15, 0.2) is 0 Å². The van der Waals surface area contributed by atoms with Gasteiger partial charge in [0, 0.05) is 13.0 Å².